The van der Waals surface area contributed by atoms with Gasteiger partial charge < -0.3 is 5.73 Å². The Morgan fingerprint density at radius 1 is 1.30 bits per heavy atom. The quantitative estimate of drug-likeness (QED) is 0.906. The number of halogens is 2. The van der Waals surface area contributed by atoms with E-state index >= 15 is 0 Å². The molecule has 0 aliphatic heterocycles. The van der Waals surface area contributed by atoms with Crippen molar-refractivity contribution in [2.45, 2.75) is 39.8 Å². The number of benzene rings is 1. The van der Waals surface area contributed by atoms with E-state index in [-0.39, 0.29) is 5.82 Å². The van der Waals surface area contributed by atoms with Crippen molar-refractivity contribution in [1.82, 2.24) is 9.78 Å². The number of nitrogens with zero attached hydrogens (tertiary/aromatic N) is 2. The molecule has 108 valence electrons. The monoisotopic (exact) mass is 339 g/mol. The lowest BCUT2D eigenvalue weighted by atomic mass is 10.1. The molecule has 0 aliphatic rings. The van der Waals surface area contributed by atoms with Crippen LogP contribution in [-0.2, 0) is 25.9 Å². The van der Waals surface area contributed by atoms with Crippen molar-refractivity contribution >= 4 is 15.9 Å². The van der Waals surface area contributed by atoms with Crippen LogP contribution >= 0.6 is 15.9 Å². The third-order valence-corrected chi connectivity index (χ3v) is 4.36. The fraction of sp³-hybridized carbons (Fsp3) is 0.400. The summed E-state index contributed by atoms with van der Waals surface area (Å²) < 4.78 is 16.0. The molecule has 0 aliphatic carbocycles. The maximum absolute atomic E-state index is 13.6. The van der Waals surface area contributed by atoms with Crippen molar-refractivity contribution < 1.29 is 4.39 Å². The summed E-state index contributed by atoms with van der Waals surface area (Å²) in [5.41, 5.74) is 10.0. The molecule has 0 unspecified atom stereocenters. The molecule has 0 fully saturated rings. The Bertz CT molecular complexity index is 607. The van der Waals surface area contributed by atoms with Crippen molar-refractivity contribution in [1.29, 1.82) is 0 Å². The average Bonchev–Trinajstić information content (AvgIpc) is 2.80. The molecule has 0 amide bonds. The summed E-state index contributed by atoms with van der Waals surface area (Å²) in [7, 11) is 0. The fourth-order valence-electron chi connectivity index (χ4n) is 2.47. The van der Waals surface area contributed by atoms with Crippen LogP contribution in [0.3, 0.4) is 0 Å². The summed E-state index contributed by atoms with van der Waals surface area (Å²) in [6.07, 6.45) is 1.73. The van der Waals surface area contributed by atoms with E-state index in [9.17, 15) is 4.39 Å². The average molecular weight is 340 g/mol. The summed E-state index contributed by atoms with van der Waals surface area (Å²) in [5.74, 6) is -0.248. The van der Waals surface area contributed by atoms with E-state index in [2.05, 4.69) is 34.9 Å². The maximum Gasteiger partial charge on any atom is 0.137 e. The van der Waals surface area contributed by atoms with Gasteiger partial charge in [0.2, 0.25) is 0 Å². The lowest BCUT2D eigenvalue weighted by molar-refractivity contribution is 0.603. The minimum Gasteiger partial charge on any atom is -0.326 e. The van der Waals surface area contributed by atoms with Crippen molar-refractivity contribution in [2.24, 2.45) is 5.73 Å². The van der Waals surface area contributed by atoms with Crippen molar-refractivity contribution in [2.75, 3.05) is 0 Å². The third-order valence-electron chi connectivity index (χ3n) is 3.48. The molecular formula is C15H19BrFN3. The topological polar surface area (TPSA) is 43.8 Å². The SMILES string of the molecule is CCc1nn(Cc2cccc(F)c2Br)c(CC)c1CN. The Morgan fingerprint density at radius 3 is 2.65 bits per heavy atom. The summed E-state index contributed by atoms with van der Waals surface area (Å²) in [6.45, 7) is 5.21. The molecule has 1 heterocycles. The summed E-state index contributed by atoms with van der Waals surface area (Å²) in [5, 5.41) is 4.63. The van der Waals surface area contributed by atoms with E-state index in [0.717, 1.165) is 35.4 Å². The van der Waals surface area contributed by atoms with E-state index in [4.69, 9.17) is 5.73 Å². The Balaban J connectivity index is 2.43. The molecule has 0 saturated carbocycles. The first-order valence-electron chi connectivity index (χ1n) is 6.82. The van der Waals surface area contributed by atoms with Crippen LogP contribution in [0, 0.1) is 5.82 Å². The number of aryl methyl sites for hydroxylation is 1. The van der Waals surface area contributed by atoms with E-state index in [1.54, 1.807) is 6.07 Å². The van der Waals surface area contributed by atoms with Crippen LogP contribution in [0.4, 0.5) is 4.39 Å². The van der Waals surface area contributed by atoms with Gasteiger partial charge in [0.05, 0.1) is 16.7 Å². The van der Waals surface area contributed by atoms with E-state index in [1.807, 2.05) is 10.7 Å². The highest BCUT2D eigenvalue weighted by atomic mass is 79.9. The van der Waals surface area contributed by atoms with Crippen LogP contribution in [0.1, 0.15) is 36.4 Å². The zero-order chi connectivity index (χ0) is 14.7. The van der Waals surface area contributed by atoms with Crippen LogP contribution in [0.15, 0.2) is 22.7 Å². The minimum atomic E-state index is -0.248. The van der Waals surface area contributed by atoms with Gasteiger partial charge in [-0.3, -0.25) is 4.68 Å². The Hall–Kier alpha value is -1.20. The standard InChI is InChI=1S/C15H19BrFN3/c1-3-13-11(8-18)14(4-2)20(19-13)9-10-6-5-7-12(17)15(10)16/h5-7H,3-4,8-9,18H2,1-2H3. The molecule has 2 N–H and O–H groups in total. The summed E-state index contributed by atoms with van der Waals surface area (Å²) >= 11 is 3.30. The first-order valence-corrected chi connectivity index (χ1v) is 7.62. The van der Waals surface area contributed by atoms with Crippen LogP contribution in [0.5, 0.6) is 0 Å². The predicted molar refractivity (Wildman–Crippen MR) is 82.1 cm³/mol. The highest BCUT2D eigenvalue weighted by molar-refractivity contribution is 9.10. The molecule has 0 spiro atoms. The van der Waals surface area contributed by atoms with Crippen LogP contribution in [-0.4, -0.2) is 9.78 Å². The smallest absolute Gasteiger partial charge is 0.137 e. The zero-order valence-corrected chi connectivity index (χ0v) is 13.4. The number of hydrogen-bond donors (Lipinski definition) is 1. The Kier molecular flexibility index (Phi) is 4.94. The normalized spacial score (nSPS) is 11.1. The third kappa shape index (κ3) is 2.79. The molecule has 2 aromatic rings. The van der Waals surface area contributed by atoms with Gasteiger partial charge in [-0.2, -0.15) is 5.10 Å². The summed E-state index contributed by atoms with van der Waals surface area (Å²) in [4.78, 5) is 0. The van der Waals surface area contributed by atoms with Crippen LogP contribution in [0.25, 0.3) is 0 Å². The van der Waals surface area contributed by atoms with Crippen LogP contribution < -0.4 is 5.73 Å². The molecule has 0 saturated heterocycles. The second kappa shape index (κ2) is 6.50. The van der Waals surface area contributed by atoms with E-state index in [0.29, 0.717) is 17.6 Å². The minimum absolute atomic E-state index is 0.248. The van der Waals surface area contributed by atoms with Gasteiger partial charge >= 0.3 is 0 Å². The molecule has 20 heavy (non-hydrogen) atoms. The molecule has 2 rings (SSSR count). The number of rotatable bonds is 5. The molecule has 1 aromatic carbocycles. The van der Waals surface area contributed by atoms with E-state index in [1.165, 1.54) is 6.07 Å². The highest BCUT2D eigenvalue weighted by Gasteiger charge is 2.15. The maximum atomic E-state index is 13.6. The van der Waals surface area contributed by atoms with Gasteiger partial charge in [-0.05, 0) is 40.4 Å². The van der Waals surface area contributed by atoms with Gasteiger partial charge in [0.1, 0.15) is 5.82 Å². The lowest BCUT2D eigenvalue weighted by Crippen LogP contribution is -2.08. The van der Waals surface area contributed by atoms with Gasteiger partial charge in [-0.15, -0.1) is 0 Å². The van der Waals surface area contributed by atoms with Gasteiger partial charge in [0.15, 0.2) is 0 Å². The molecule has 3 nitrogen and oxygen atoms in total. The van der Waals surface area contributed by atoms with Crippen LogP contribution in [0.2, 0.25) is 0 Å². The molecular weight excluding hydrogens is 321 g/mol. The Morgan fingerprint density at radius 2 is 2.05 bits per heavy atom. The van der Waals surface area contributed by atoms with Gasteiger partial charge in [-0.1, -0.05) is 26.0 Å². The zero-order valence-electron chi connectivity index (χ0n) is 11.8. The summed E-state index contributed by atoms with van der Waals surface area (Å²) in [6, 6.07) is 5.07. The highest BCUT2D eigenvalue weighted by Crippen LogP contribution is 2.23. The van der Waals surface area contributed by atoms with E-state index < -0.39 is 0 Å². The molecule has 0 bridgehead atoms. The van der Waals surface area contributed by atoms with Gasteiger partial charge in [0, 0.05) is 17.8 Å². The molecule has 0 atom stereocenters. The van der Waals surface area contributed by atoms with Gasteiger partial charge in [0.25, 0.3) is 0 Å². The Labute approximate surface area is 127 Å². The van der Waals surface area contributed by atoms with Crippen molar-refractivity contribution in [3.8, 4) is 0 Å². The second-order valence-electron chi connectivity index (χ2n) is 4.65. The number of hydrogen-bond acceptors (Lipinski definition) is 2. The van der Waals surface area contributed by atoms with Crippen molar-refractivity contribution in [3.05, 3.63) is 51.0 Å². The van der Waals surface area contributed by atoms with Crippen molar-refractivity contribution in [3.63, 3.8) is 0 Å². The lowest BCUT2D eigenvalue weighted by Gasteiger charge is -2.09. The molecule has 0 radical (unpaired) electrons. The largest absolute Gasteiger partial charge is 0.326 e. The number of nitrogens with two attached hydrogens (primary N) is 1. The fourth-order valence-corrected chi connectivity index (χ4v) is 2.86. The second-order valence-corrected chi connectivity index (χ2v) is 5.45. The van der Waals surface area contributed by atoms with Gasteiger partial charge in [-0.25, -0.2) is 4.39 Å². The molecule has 5 heteroatoms. The molecule has 1 aromatic heterocycles. The predicted octanol–water partition coefficient (Wildman–Crippen LogP) is 3.42. The first-order chi connectivity index (χ1) is 9.62. The first kappa shape index (κ1) is 15.2. The number of aromatic nitrogens is 2.